The van der Waals surface area contributed by atoms with Gasteiger partial charge in [-0.1, -0.05) is 49.6 Å². The first-order chi connectivity index (χ1) is 16.6. The van der Waals surface area contributed by atoms with Crippen LogP contribution in [0.4, 0.5) is 14.9 Å². The third kappa shape index (κ3) is 4.41. The van der Waals surface area contributed by atoms with Gasteiger partial charge < -0.3 is 10.1 Å². The Morgan fingerprint density at radius 2 is 1.82 bits per heavy atom. The van der Waals surface area contributed by atoms with Crippen LogP contribution in [0.2, 0.25) is 0 Å². The van der Waals surface area contributed by atoms with Gasteiger partial charge in [-0.3, -0.25) is 9.80 Å². The second-order valence-electron chi connectivity index (χ2n) is 9.67. The number of halogens is 1. The number of methoxy groups -OCH3 is 1. The highest BCUT2D eigenvalue weighted by Crippen LogP contribution is 2.40. The summed E-state index contributed by atoms with van der Waals surface area (Å²) in [6.07, 6.45) is 7.35. The maximum atomic E-state index is 14.6. The molecule has 2 aliphatic heterocycles. The molecule has 0 aromatic heterocycles. The summed E-state index contributed by atoms with van der Waals surface area (Å²) in [5.41, 5.74) is 1.23. The minimum absolute atomic E-state index is 0.170. The van der Waals surface area contributed by atoms with E-state index in [1.54, 1.807) is 17.0 Å². The normalized spacial score (nSPS) is 21.1. The van der Waals surface area contributed by atoms with Crippen molar-refractivity contribution in [1.82, 2.24) is 10.2 Å². The molecule has 1 saturated heterocycles. The van der Waals surface area contributed by atoms with Gasteiger partial charge in [0.05, 0.1) is 7.11 Å². The Morgan fingerprint density at radius 3 is 2.50 bits per heavy atom. The lowest BCUT2D eigenvalue weighted by atomic mass is 9.83. The zero-order valence-electron chi connectivity index (χ0n) is 19.8. The molecular weight excluding hydrogens is 431 g/mol. The number of nitrogens with zero attached hydrogens (tertiary/aromatic N) is 3. The van der Waals surface area contributed by atoms with Crippen LogP contribution < -0.4 is 15.0 Å². The summed E-state index contributed by atoms with van der Waals surface area (Å²) in [6, 6.07) is 15.2. The molecule has 1 aliphatic carbocycles. The van der Waals surface area contributed by atoms with Crippen molar-refractivity contribution in [2.45, 2.75) is 63.1 Å². The molecule has 2 aromatic rings. The van der Waals surface area contributed by atoms with Crippen LogP contribution in [0, 0.1) is 5.82 Å². The minimum atomic E-state index is -0.581. The summed E-state index contributed by atoms with van der Waals surface area (Å²) in [4.78, 5) is 21.9. The molecule has 2 heterocycles. The molecular formula is C27H33FN4O2. The third-order valence-corrected chi connectivity index (χ3v) is 7.54. The predicted octanol–water partition coefficient (Wildman–Crippen LogP) is 5.13. The van der Waals surface area contributed by atoms with Crippen molar-refractivity contribution in [3.8, 4) is 5.75 Å². The van der Waals surface area contributed by atoms with Gasteiger partial charge in [0.1, 0.15) is 11.4 Å². The molecule has 0 bridgehead atoms. The molecule has 0 atom stereocenters. The van der Waals surface area contributed by atoms with E-state index in [-0.39, 0.29) is 11.8 Å². The molecule has 180 valence electrons. The first kappa shape index (κ1) is 22.8. The van der Waals surface area contributed by atoms with E-state index in [4.69, 9.17) is 4.74 Å². The summed E-state index contributed by atoms with van der Waals surface area (Å²) in [5.74, 6) is 0.460. The number of benzene rings is 2. The highest BCUT2D eigenvalue weighted by molar-refractivity contribution is 6.16. The Balaban J connectivity index is 1.42. The maximum Gasteiger partial charge on any atom is 0.350 e. The van der Waals surface area contributed by atoms with Gasteiger partial charge in [0.15, 0.2) is 11.6 Å². The lowest BCUT2D eigenvalue weighted by molar-refractivity contribution is 0.181. The fraction of sp³-hybridized carbons (Fsp3) is 0.481. The van der Waals surface area contributed by atoms with Crippen LogP contribution in [0.1, 0.15) is 50.5 Å². The van der Waals surface area contributed by atoms with E-state index in [2.05, 4.69) is 39.5 Å². The standard InChI is InChI=1S/C27H33FN4O2/c1-34-24-13-12-22(18-23(24)28)32-26(33)30-25(29-21-10-6-3-7-11-21)27(32)14-16-31(17-15-27)19-20-8-4-2-5-9-20/h2,4-5,8-9,12-13,18,21H,3,6-7,10-11,14-17,19H2,1H3,(H,29,30,33). The summed E-state index contributed by atoms with van der Waals surface area (Å²) in [7, 11) is 1.44. The maximum absolute atomic E-state index is 14.6. The lowest BCUT2D eigenvalue weighted by Gasteiger charge is -2.45. The SMILES string of the molecule is COc1ccc(N2C(=O)N=C(NC3CCCCC3)C23CCN(Cc2ccccc2)CC3)cc1F. The number of urea groups is 1. The van der Waals surface area contributed by atoms with Crippen LogP contribution in [0.5, 0.6) is 5.75 Å². The van der Waals surface area contributed by atoms with Gasteiger partial charge in [-0.15, -0.1) is 0 Å². The number of amidine groups is 1. The Morgan fingerprint density at radius 1 is 1.09 bits per heavy atom. The first-order valence-corrected chi connectivity index (χ1v) is 12.4. The Hall–Kier alpha value is -2.93. The van der Waals surface area contributed by atoms with E-state index < -0.39 is 11.4 Å². The van der Waals surface area contributed by atoms with E-state index >= 15 is 0 Å². The van der Waals surface area contributed by atoms with Gasteiger partial charge in [-0.25, -0.2) is 9.18 Å². The number of hydrogen-bond acceptors (Lipinski definition) is 4. The summed E-state index contributed by atoms with van der Waals surface area (Å²) >= 11 is 0. The van der Waals surface area contributed by atoms with Crippen LogP contribution in [0.15, 0.2) is 53.5 Å². The summed E-state index contributed by atoms with van der Waals surface area (Å²) < 4.78 is 19.7. The van der Waals surface area contributed by atoms with E-state index in [0.717, 1.165) is 51.2 Å². The van der Waals surface area contributed by atoms with Crippen LogP contribution in [0.25, 0.3) is 0 Å². The zero-order valence-corrected chi connectivity index (χ0v) is 19.8. The molecule has 1 saturated carbocycles. The molecule has 2 aromatic carbocycles. The molecule has 3 aliphatic rings. The quantitative estimate of drug-likeness (QED) is 0.667. The number of aliphatic imine (C=N–C) groups is 1. The lowest BCUT2D eigenvalue weighted by Crippen LogP contribution is -2.62. The highest BCUT2D eigenvalue weighted by Gasteiger charge is 2.52. The van der Waals surface area contributed by atoms with Crippen molar-refractivity contribution < 1.29 is 13.9 Å². The second-order valence-corrected chi connectivity index (χ2v) is 9.67. The monoisotopic (exact) mass is 464 g/mol. The molecule has 1 N–H and O–H groups in total. The Labute approximate surface area is 200 Å². The van der Waals surface area contributed by atoms with Gasteiger partial charge in [-0.05, 0) is 43.4 Å². The van der Waals surface area contributed by atoms with Gasteiger partial charge >= 0.3 is 6.03 Å². The van der Waals surface area contributed by atoms with Crippen LogP contribution in [-0.4, -0.2) is 48.5 Å². The van der Waals surface area contributed by atoms with E-state index in [9.17, 15) is 9.18 Å². The van der Waals surface area contributed by atoms with Crippen molar-refractivity contribution in [3.63, 3.8) is 0 Å². The predicted molar refractivity (Wildman–Crippen MR) is 132 cm³/mol. The van der Waals surface area contributed by atoms with Gasteiger partial charge in [0.2, 0.25) is 0 Å². The summed E-state index contributed by atoms with van der Waals surface area (Å²) in [5, 5.41) is 3.66. The minimum Gasteiger partial charge on any atom is -0.494 e. The average molecular weight is 465 g/mol. The number of likely N-dealkylation sites (tertiary alicyclic amines) is 1. The number of carbonyl (C=O) groups excluding carboxylic acids is 1. The van der Waals surface area contributed by atoms with Crippen molar-refractivity contribution in [2.75, 3.05) is 25.1 Å². The average Bonchev–Trinajstić information content (AvgIpc) is 3.12. The van der Waals surface area contributed by atoms with Crippen molar-refractivity contribution in [2.24, 2.45) is 4.99 Å². The van der Waals surface area contributed by atoms with E-state index in [1.807, 2.05) is 6.07 Å². The molecule has 34 heavy (non-hydrogen) atoms. The molecule has 7 heteroatoms. The van der Waals surface area contributed by atoms with Crippen molar-refractivity contribution in [3.05, 3.63) is 59.9 Å². The third-order valence-electron chi connectivity index (χ3n) is 7.54. The molecule has 0 unspecified atom stereocenters. The zero-order chi connectivity index (χ0) is 23.5. The van der Waals surface area contributed by atoms with E-state index in [0.29, 0.717) is 11.7 Å². The number of anilines is 1. The number of nitrogens with one attached hydrogen (secondary N) is 1. The molecule has 2 fully saturated rings. The number of ether oxygens (including phenoxy) is 1. The first-order valence-electron chi connectivity index (χ1n) is 12.4. The molecule has 6 nitrogen and oxygen atoms in total. The van der Waals surface area contributed by atoms with Crippen LogP contribution in [-0.2, 0) is 6.54 Å². The topological polar surface area (TPSA) is 57.2 Å². The number of rotatable bonds is 5. The second kappa shape index (κ2) is 9.74. The van der Waals surface area contributed by atoms with Crippen molar-refractivity contribution in [1.29, 1.82) is 0 Å². The van der Waals surface area contributed by atoms with Gasteiger partial charge in [-0.2, -0.15) is 4.99 Å². The number of piperidine rings is 1. The largest absolute Gasteiger partial charge is 0.494 e. The van der Waals surface area contributed by atoms with Gasteiger partial charge in [0, 0.05) is 37.4 Å². The Bertz CT molecular complexity index is 1040. The van der Waals surface area contributed by atoms with Crippen molar-refractivity contribution >= 4 is 17.6 Å². The number of carbonyl (C=O) groups is 1. The van der Waals surface area contributed by atoms with Crippen LogP contribution >= 0.6 is 0 Å². The number of hydrogen-bond donors (Lipinski definition) is 1. The fourth-order valence-corrected chi connectivity index (χ4v) is 5.68. The molecule has 0 radical (unpaired) electrons. The molecule has 2 amide bonds. The van der Waals surface area contributed by atoms with Crippen LogP contribution in [0.3, 0.4) is 0 Å². The molecule has 1 spiro atoms. The highest BCUT2D eigenvalue weighted by atomic mass is 19.1. The van der Waals surface area contributed by atoms with E-state index in [1.165, 1.54) is 38.0 Å². The number of amides is 2. The molecule has 5 rings (SSSR count). The smallest absolute Gasteiger partial charge is 0.350 e. The Kier molecular flexibility index (Phi) is 6.55. The van der Waals surface area contributed by atoms with Gasteiger partial charge in [0.25, 0.3) is 0 Å². The fourth-order valence-electron chi connectivity index (χ4n) is 5.68. The summed E-state index contributed by atoms with van der Waals surface area (Å²) in [6.45, 7) is 2.55.